The van der Waals surface area contributed by atoms with Crippen LogP contribution >= 0.6 is 0 Å². The molecule has 0 radical (unpaired) electrons. The van der Waals surface area contributed by atoms with E-state index in [-0.39, 0.29) is 6.61 Å². The summed E-state index contributed by atoms with van der Waals surface area (Å²) >= 11 is 0. The number of aliphatic hydroxyl groups is 1. The minimum absolute atomic E-state index is 0.251. The van der Waals surface area contributed by atoms with Crippen LogP contribution in [0, 0.1) is 0 Å². The molecule has 0 amide bonds. The minimum atomic E-state index is -0.470. The van der Waals surface area contributed by atoms with E-state index in [1.807, 2.05) is 19.1 Å². The van der Waals surface area contributed by atoms with Gasteiger partial charge in [-0.15, -0.1) is 10.2 Å². The van der Waals surface area contributed by atoms with Gasteiger partial charge in [0.2, 0.25) is 5.89 Å². The van der Waals surface area contributed by atoms with Gasteiger partial charge in [-0.25, -0.2) is 0 Å². The van der Waals surface area contributed by atoms with Crippen molar-refractivity contribution < 1.29 is 14.3 Å². The van der Waals surface area contributed by atoms with Crippen molar-refractivity contribution in [1.82, 2.24) is 10.2 Å². The van der Waals surface area contributed by atoms with Crippen molar-refractivity contribution >= 4 is 0 Å². The third-order valence-corrected chi connectivity index (χ3v) is 2.54. The fourth-order valence-corrected chi connectivity index (χ4v) is 1.48. The van der Waals surface area contributed by atoms with E-state index in [4.69, 9.17) is 9.15 Å². The molecule has 96 valence electrons. The molecule has 0 saturated carbocycles. The van der Waals surface area contributed by atoms with Gasteiger partial charge >= 0.3 is 0 Å². The monoisotopic (exact) mass is 248 g/mol. The van der Waals surface area contributed by atoms with Crippen molar-refractivity contribution in [2.75, 3.05) is 0 Å². The van der Waals surface area contributed by atoms with Gasteiger partial charge in [0.1, 0.15) is 5.75 Å². The molecule has 1 aromatic heterocycles. The molecule has 18 heavy (non-hydrogen) atoms. The van der Waals surface area contributed by atoms with E-state index in [0.29, 0.717) is 17.5 Å². The third kappa shape index (κ3) is 3.07. The Bertz CT molecular complexity index is 491. The molecule has 0 fully saturated rings. The lowest BCUT2D eigenvalue weighted by Gasteiger charge is -2.06. The first-order chi connectivity index (χ1) is 8.69. The summed E-state index contributed by atoms with van der Waals surface area (Å²) in [5, 5.41) is 17.1. The maximum atomic E-state index is 9.38. The minimum Gasteiger partial charge on any atom is -0.484 e. The summed E-state index contributed by atoms with van der Waals surface area (Å²) in [6.45, 7) is 3.93. The molecule has 0 aliphatic heterocycles. The van der Waals surface area contributed by atoms with E-state index in [1.165, 1.54) is 0 Å². The molecule has 5 heteroatoms. The zero-order valence-corrected chi connectivity index (χ0v) is 10.5. The van der Waals surface area contributed by atoms with Crippen LogP contribution in [0.1, 0.15) is 37.3 Å². The maximum absolute atomic E-state index is 9.38. The van der Waals surface area contributed by atoms with Crippen LogP contribution < -0.4 is 4.74 Å². The zero-order valence-electron chi connectivity index (χ0n) is 10.5. The number of ether oxygens (including phenoxy) is 1. The number of nitrogens with zero attached hydrogens (tertiary/aromatic N) is 2. The molecule has 5 nitrogen and oxygen atoms in total. The SMILES string of the molecule is CCc1nnc(COc2ccc([C@H](C)O)cc2)o1. The van der Waals surface area contributed by atoms with Gasteiger partial charge in [-0.1, -0.05) is 19.1 Å². The van der Waals surface area contributed by atoms with E-state index >= 15 is 0 Å². The van der Waals surface area contributed by atoms with Gasteiger partial charge in [0.25, 0.3) is 5.89 Å². The first-order valence-corrected chi connectivity index (χ1v) is 5.91. The molecule has 1 heterocycles. The van der Waals surface area contributed by atoms with Gasteiger partial charge in [-0.2, -0.15) is 0 Å². The highest BCUT2D eigenvalue weighted by Gasteiger charge is 2.05. The molecule has 0 unspecified atom stereocenters. The molecule has 0 aliphatic carbocycles. The Kier molecular flexibility index (Phi) is 3.94. The van der Waals surface area contributed by atoms with Crippen molar-refractivity contribution in [2.24, 2.45) is 0 Å². The van der Waals surface area contributed by atoms with E-state index < -0.39 is 6.10 Å². The summed E-state index contributed by atoms with van der Waals surface area (Å²) in [6, 6.07) is 7.26. The number of aliphatic hydroxyl groups excluding tert-OH is 1. The summed E-state index contributed by atoms with van der Waals surface area (Å²) in [5.41, 5.74) is 0.855. The van der Waals surface area contributed by atoms with Crippen LogP contribution in [0.15, 0.2) is 28.7 Å². The van der Waals surface area contributed by atoms with Gasteiger partial charge in [-0.05, 0) is 24.6 Å². The van der Waals surface area contributed by atoms with E-state index in [9.17, 15) is 5.11 Å². The van der Waals surface area contributed by atoms with Crippen LogP contribution in [0.2, 0.25) is 0 Å². The number of benzene rings is 1. The lowest BCUT2D eigenvalue weighted by atomic mass is 10.1. The number of aryl methyl sites for hydroxylation is 1. The molecule has 0 bridgehead atoms. The summed E-state index contributed by atoms with van der Waals surface area (Å²) < 4.78 is 10.8. The van der Waals surface area contributed by atoms with Gasteiger partial charge < -0.3 is 14.3 Å². The second kappa shape index (κ2) is 5.64. The van der Waals surface area contributed by atoms with Crippen molar-refractivity contribution in [3.05, 3.63) is 41.6 Å². The number of hydrogen-bond donors (Lipinski definition) is 1. The molecule has 1 N–H and O–H groups in total. The quantitative estimate of drug-likeness (QED) is 0.879. The Morgan fingerprint density at radius 3 is 2.44 bits per heavy atom. The predicted octanol–water partition coefficient (Wildman–Crippen LogP) is 2.26. The van der Waals surface area contributed by atoms with Crippen LogP contribution in [-0.4, -0.2) is 15.3 Å². The first kappa shape index (κ1) is 12.6. The highest BCUT2D eigenvalue weighted by Crippen LogP contribution is 2.18. The molecule has 0 spiro atoms. The molecule has 2 rings (SSSR count). The summed E-state index contributed by atoms with van der Waals surface area (Å²) in [4.78, 5) is 0. The van der Waals surface area contributed by atoms with Gasteiger partial charge in [0.15, 0.2) is 6.61 Å². The van der Waals surface area contributed by atoms with E-state index in [2.05, 4.69) is 10.2 Å². The molecule has 0 saturated heterocycles. The van der Waals surface area contributed by atoms with Crippen LogP contribution in [0.5, 0.6) is 5.75 Å². The van der Waals surface area contributed by atoms with Crippen LogP contribution in [0.4, 0.5) is 0 Å². The Balaban J connectivity index is 1.93. The molecule has 0 aliphatic rings. The second-order valence-corrected chi connectivity index (χ2v) is 3.98. The van der Waals surface area contributed by atoms with E-state index in [0.717, 1.165) is 12.0 Å². The zero-order chi connectivity index (χ0) is 13.0. The summed E-state index contributed by atoms with van der Waals surface area (Å²) in [6.07, 6.45) is 0.248. The standard InChI is InChI=1S/C13H16N2O3/c1-3-12-14-15-13(18-12)8-17-11-6-4-10(5-7-11)9(2)16/h4-7,9,16H,3,8H2,1-2H3/t9-/m0/s1. The third-order valence-electron chi connectivity index (χ3n) is 2.54. The predicted molar refractivity (Wildman–Crippen MR) is 65.1 cm³/mol. The van der Waals surface area contributed by atoms with Crippen LogP contribution in [0.25, 0.3) is 0 Å². The summed E-state index contributed by atoms with van der Waals surface area (Å²) in [7, 11) is 0. The lowest BCUT2D eigenvalue weighted by molar-refractivity contribution is 0.199. The van der Waals surface area contributed by atoms with Crippen molar-refractivity contribution in [1.29, 1.82) is 0 Å². The van der Waals surface area contributed by atoms with E-state index in [1.54, 1.807) is 19.1 Å². The van der Waals surface area contributed by atoms with Crippen LogP contribution in [-0.2, 0) is 13.0 Å². The fourth-order valence-electron chi connectivity index (χ4n) is 1.48. The fraction of sp³-hybridized carbons (Fsp3) is 0.385. The first-order valence-electron chi connectivity index (χ1n) is 5.91. The van der Waals surface area contributed by atoms with Crippen LogP contribution in [0.3, 0.4) is 0 Å². The molecule has 1 aromatic carbocycles. The highest BCUT2D eigenvalue weighted by molar-refractivity contribution is 5.28. The average Bonchev–Trinajstić information content (AvgIpc) is 2.85. The number of aromatic nitrogens is 2. The summed E-state index contributed by atoms with van der Waals surface area (Å²) in [5.74, 6) is 1.78. The van der Waals surface area contributed by atoms with Crippen molar-refractivity contribution in [3.8, 4) is 5.75 Å². The molecular weight excluding hydrogens is 232 g/mol. The van der Waals surface area contributed by atoms with Gasteiger partial charge in [-0.3, -0.25) is 0 Å². The number of hydrogen-bond acceptors (Lipinski definition) is 5. The second-order valence-electron chi connectivity index (χ2n) is 3.98. The molecule has 1 atom stereocenters. The van der Waals surface area contributed by atoms with Crippen molar-refractivity contribution in [2.45, 2.75) is 33.0 Å². The highest BCUT2D eigenvalue weighted by atomic mass is 16.5. The Morgan fingerprint density at radius 2 is 1.89 bits per heavy atom. The Hall–Kier alpha value is -1.88. The topological polar surface area (TPSA) is 68.4 Å². The smallest absolute Gasteiger partial charge is 0.253 e. The Morgan fingerprint density at radius 1 is 1.22 bits per heavy atom. The Labute approximate surface area is 105 Å². The molecule has 2 aromatic rings. The van der Waals surface area contributed by atoms with Gasteiger partial charge in [0.05, 0.1) is 6.10 Å². The number of rotatable bonds is 5. The maximum Gasteiger partial charge on any atom is 0.253 e. The van der Waals surface area contributed by atoms with Crippen molar-refractivity contribution in [3.63, 3.8) is 0 Å². The van der Waals surface area contributed by atoms with Gasteiger partial charge in [0, 0.05) is 6.42 Å². The lowest BCUT2D eigenvalue weighted by Crippen LogP contribution is -1.96. The molecular formula is C13H16N2O3. The largest absolute Gasteiger partial charge is 0.484 e. The average molecular weight is 248 g/mol. The normalized spacial score (nSPS) is 12.4.